The standard InChI is InChI=1S/C17H14F3N5O/c1-2-14-23-15(25-24-14)11-5-3-4-6-12(11)22-16(26)10-7-8-13(21-9-10)17(18,19)20/h3-9H,2H2,1H3,(H,22,26)(H,23,24,25). The molecule has 0 aliphatic carbocycles. The highest BCUT2D eigenvalue weighted by Crippen LogP contribution is 2.28. The van der Waals surface area contributed by atoms with Gasteiger partial charge < -0.3 is 5.32 Å². The molecule has 0 fully saturated rings. The Bertz CT molecular complexity index is 919. The summed E-state index contributed by atoms with van der Waals surface area (Å²) in [7, 11) is 0. The summed E-state index contributed by atoms with van der Waals surface area (Å²) in [4.78, 5) is 20.0. The van der Waals surface area contributed by atoms with Crippen molar-refractivity contribution < 1.29 is 18.0 Å². The number of aromatic nitrogens is 4. The Morgan fingerprint density at radius 3 is 2.58 bits per heavy atom. The van der Waals surface area contributed by atoms with Crippen LogP contribution in [0.15, 0.2) is 42.6 Å². The Labute approximate surface area is 146 Å². The number of amides is 1. The maximum Gasteiger partial charge on any atom is 0.433 e. The van der Waals surface area contributed by atoms with Gasteiger partial charge in [-0.2, -0.15) is 18.3 Å². The summed E-state index contributed by atoms with van der Waals surface area (Å²) in [5, 5.41) is 9.56. The fourth-order valence-corrected chi connectivity index (χ4v) is 2.25. The normalized spacial score (nSPS) is 11.4. The van der Waals surface area contributed by atoms with Crippen LogP contribution in [-0.2, 0) is 12.6 Å². The van der Waals surface area contributed by atoms with Gasteiger partial charge in [0.1, 0.15) is 11.5 Å². The number of anilines is 1. The molecule has 0 aliphatic heterocycles. The third kappa shape index (κ3) is 3.71. The summed E-state index contributed by atoms with van der Waals surface area (Å²) in [6, 6.07) is 8.74. The first-order valence-corrected chi connectivity index (χ1v) is 7.73. The van der Waals surface area contributed by atoms with Gasteiger partial charge in [0.25, 0.3) is 5.91 Å². The van der Waals surface area contributed by atoms with E-state index in [-0.39, 0.29) is 5.56 Å². The molecule has 3 rings (SSSR count). The van der Waals surface area contributed by atoms with E-state index in [2.05, 4.69) is 25.5 Å². The molecule has 0 atom stereocenters. The number of alkyl halides is 3. The number of nitrogens with zero attached hydrogens (tertiary/aromatic N) is 3. The molecule has 0 saturated carbocycles. The van der Waals surface area contributed by atoms with E-state index in [4.69, 9.17) is 0 Å². The van der Waals surface area contributed by atoms with Crippen LogP contribution in [0.1, 0.15) is 28.8 Å². The summed E-state index contributed by atoms with van der Waals surface area (Å²) in [5.41, 5.74) is -0.00460. The van der Waals surface area contributed by atoms with Crippen molar-refractivity contribution in [2.45, 2.75) is 19.5 Å². The van der Waals surface area contributed by atoms with Crippen molar-refractivity contribution in [3.63, 3.8) is 0 Å². The molecule has 1 amide bonds. The van der Waals surface area contributed by atoms with Gasteiger partial charge in [-0.25, -0.2) is 4.98 Å². The number of aromatic amines is 1. The smallest absolute Gasteiger partial charge is 0.321 e. The van der Waals surface area contributed by atoms with E-state index in [1.54, 1.807) is 24.3 Å². The molecule has 0 aliphatic rings. The van der Waals surface area contributed by atoms with Gasteiger partial charge in [-0.3, -0.25) is 14.9 Å². The number of halogens is 3. The SMILES string of the molecule is CCc1nc(-c2ccccc2NC(=O)c2ccc(C(F)(F)F)nc2)n[nH]1. The van der Waals surface area contributed by atoms with Crippen molar-refractivity contribution in [1.82, 2.24) is 20.2 Å². The van der Waals surface area contributed by atoms with Gasteiger partial charge in [0.15, 0.2) is 5.82 Å². The van der Waals surface area contributed by atoms with E-state index in [1.165, 1.54) is 0 Å². The van der Waals surface area contributed by atoms with Gasteiger partial charge in [-0.15, -0.1) is 0 Å². The molecule has 2 aromatic heterocycles. The number of carbonyl (C=O) groups excluding carboxylic acids is 1. The second-order valence-corrected chi connectivity index (χ2v) is 5.39. The van der Waals surface area contributed by atoms with Gasteiger partial charge in [-0.1, -0.05) is 19.1 Å². The van der Waals surface area contributed by atoms with Crippen LogP contribution in [0.25, 0.3) is 11.4 Å². The number of rotatable bonds is 4. The van der Waals surface area contributed by atoms with Gasteiger partial charge >= 0.3 is 6.18 Å². The van der Waals surface area contributed by atoms with Crippen molar-refractivity contribution in [3.05, 3.63) is 59.7 Å². The number of hydrogen-bond donors (Lipinski definition) is 2. The summed E-state index contributed by atoms with van der Waals surface area (Å²) in [6.45, 7) is 1.93. The van der Waals surface area contributed by atoms with E-state index in [0.717, 1.165) is 18.3 Å². The zero-order chi connectivity index (χ0) is 18.7. The number of aryl methyl sites for hydroxylation is 1. The third-order valence-electron chi connectivity index (χ3n) is 3.60. The van der Waals surface area contributed by atoms with Crippen LogP contribution >= 0.6 is 0 Å². The molecule has 2 heterocycles. The first kappa shape index (κ1) is 17.6. The van der Waals surface area contributed by atoms with E-state index in [1.807, 2.05) is 6.92 Å². The van der Waals surface area contributed by atoms with Crippen molar-refractivity contribution in [2.75, 3.05) is 5.32 Å². The average Bonchev–Trinajstić information content (AvgIpc) is 3.10. The Kier molecular flexibility index (Phi) is 4.70. The van der Waals surface area contributed by atoms with Crippen molar-refractivity contribution in [2.24, 2.45) is 0 Å². The summed E-state index contributed by atoms with van der Waals surface area (Å²) >= 11 is 0. The number of nitrogens with one attached hydrogen (secondary N) is 2. The fraction of sp³-hybridized carbons (Fsp3) is 0.176. The van der Waals surface area contributed by atoms with Crippen LogP contribution in [0.2, 0.25) is 0 Å². The molecule has 2 N–H and O–H groups in total. The Hall–Kier alpha value is -3.23. The molecule has 6 nitrogen and oxygen atoms in total. The molecule has 1 aromatic carbocycles. The lowest BCUT2D eigenvalue weighted by Crippen LogP contribution is -2.14. The molecule has 9 heteroatoms. The molecular formula is C17H14F3N5O. The molecule has 134 valence electrons. The second kappa shape index (κ2) is 6.95. The Morgan fingerprint density at radius 2 is 1.96 bits per heavy atom. The van der Waals surface area contributed by atoms with Crippen LogP contribution in [0, 0.1) is 0 Å². The third-order valence-corrected chi connectivity index (χ3v) is 3.60. The maximum absolute atomic E-state index is 12.6. The molecule has 0 spiro atoms. The van der Waals surface area contributed by atoms with E-state index >= 15 is 0 Å². The molecular weight excluding hydrogens is 347 g/mol. The van der Waals surface area contributed by atoms with E-state index in [9.17, 15) is 18.0 Å². The Balaban J connectivity index is 1.84. The van der Waals surface area contributed by atoms with E-state index in [0.29, 0.717) is 29.3 Å². The molecule has 0 radical (unpaired) electrons. The number of hydrogen-bond acceptors (Lipinski definition) is 4. The van der Waals surface area contributed by atoms with Crippen LogP contribution in [-0.4, -0.2) is 26.1 Å². The van der Waals surface area contributed by atoms with Gasteiger partial charge in [0, 0.05) is 18.2 Å². The van der Waals surface area contributed by atoms with Crippen molar-refractivity contribution in [1.29, 1.82) is 0 Å². The van der Waals surface area contributed by atoms with Crippen LogP contribution in [0.4, 0.5) is 18.9 Å². The molecule has 0 bridgehead atoms. The zero-order valence-electron chi connectivity index (χ0n) is 13.6. The first-order valence-electron chi connectivity index (χ1n) is 7.73. The molecule has 0 unspecified atom stereocenters. The maximum atomic E-state index is 12.6. The number of carbonyl (C=O) groups is 1. The summed E-state index contributed by atoms with van der Waals surface area (Å²) in [6.07, 6.45) is -2.98. The van der Waals surface area contributed by atoms with Gasteiger partial charge in [0.2, 0.25) is 0 Å². The van der Waals surface area contributed by atoms with Crippen molar-refractivity contribution in [3.8, 4) is 11.4 Å². The van der Waals surface area contributed by atoms with Crippen molar-refractivity contribution >= 4 is 11.6 Å². The highest BCUT2D eigenvalue weighted by atomic mass is 19.4. The highest BCUT2D eigenvalue weighted by Gasteiger charge is 2.32. The van der Waals surface area contributed by atoms with Gasteiger partial charge in [-0.05, 0) is 24.3 Å². The number of H-pyrrole nitrogens is 1. The topological polar surface area (TPSA) is 83.6 Å². The predicted octanol–water partition coefficient (Wildman–Crippen LogP) is 3.70. The van der Waals surface area contributed by atoms with E-state index < -0.39 is 17.8 Å². The lowest BCUT2D eigenvalue weighted by Gasteiger charge is -2.10. The molecule has 3 aromatic rings. The molecule has 26 heavy (non-hydrogen) atoms. The fourth-order valence-electron chi connectivity index (χ4n) is 2.25. The number of pyridine rings is 1. The first-order chi connectivity index (χ1) is 12.4. The van der Waals surface area contributed by atoms with Gasteiger partial charge in [0.05, 0.1) is 11.3 Å². The second-order valence-electron chi connectivity index (χ2n) is 5.39. The van der Waals surface area contributed by atoms with Crippen LogP contribution in [0.5, 0.6) is 0 Å². The average molecular weight is 361 g/mol. The summed E-state index contributed by atoms with van der Waals surface area (Å²) in [5.74, 6) is 0.543. The largest absolute Gasteiger partial charge is 0.433 e. The number of benzene rings is 1. The monoisotopic (exact) mass is 361 g/mol. The minimum Gasteiger partial charge on any atom is -0.321 e. The lowest BCUT2D eigenvalue weighted by molar-refractivity contribution is -0.141. The zero-order valence-corrected chi connectivity index (χ0v) is 13.6. The summed E-state index contributed by atoms with van der Waals surface area (Å²) < 4.78 is 37.7. The van der Waals surface area contributed by atoms with Crippen LogP contribution in [0.3, 0.4) is 0 Å². The minimum atomic E-state index is -4.55. The number of para-hydroxylation sites is 1. The molecule has 0 saturated heterocycles. The predicted molar refractivity (Wildman–Crippen MR) is 88.4 cm³/mol. The quantitative estimate of drug-likeness (QED) is 0.742. The van der Waals surface area contributed by atoms with Crippen LogP contribution < -0.4 is 5.32 Å². The minimum absolute atomic E-state index is 0.0111. The Morgan fingerprint density at radius 1 is 1.19 bits per heavy atom. The highest BCUT2D eigenvalue weighted by molar-refractivity contribution is 6.05. The lowest BCUT2D eigenvalue weighted by atomic mass is 10.1.